The van der Waals surface area contributed by atoms with Crippen molar-refractivity contribution >= 4 is 38.4 Å². The summed E-state index contributed by atoms with van der Waals surface area (Å²) in [5.74, 6) is -0.684. The van der Waals surface area contributed by atoms with E-state index < -0.39 is 20.9 Å². The zero-order valence-corrected chi connectivity index (χ0v) is 20.1. The van der Waals surface area contributed by atoms with Crippen molar-refractivity contribution in [3.05, 3.63) is 64.2 Å². The van der Waals surface area contributed by atoms with E-state index in [-0.39, 0.29) is 34.2 Å². The van der Waals surface area contributed by atoms with Gasteiger partial charge in [0.1, 0.15) is 5.82 Å². The van der Waals surface area contributed by atoms with Crippen LogP contribution in [0.3, 0.4) is 0 Å². The number of thioether (sulfide) groups is 1. The summed E-state index contributed by atoms with van der Waals surface area (Å²) in [6.45, 7) is 3.32. The Balaban J connectivity index is 1.72. The van der Waals surface area contributed by atoms with E-state index in [2.05, 4.69) is 4.98 Å². The molecule has 10 heteroatoms. The smallest absolute Gasteiger partial charge is 0.266 e. The van der Waals surface area contributed by atoms with Gasteiger partial charge in [-0.15, -0.1) is 0 Å². The molecule has 1 saturated heterocycles. The number of para-hydroxylation sites is 1. The highest BCUT2D eigenvalue weighted by molar-refractivity contribution is 8.00. The van der Waals surface area contributed by atoms with Gasteiger partial charge in [0.25, 0.3) is 5.56 Å². The zero-order chi connectivity index (χ0) is 23.9. The predicted octanol–water partition coefficient (Wildman–Crippen LogP) is 2.96. The average molecular weight is 490 g/mol. The van der Waals surface area contributed by atoms with Gasteiger partial charge in [-0.2, -0.15) is 0 Å². The first-order valence-corrected chi connectivity index (χ1v) is 13.2. The largest absolute Gasteiger partial charge is 0.341 e. The Bertz CT molecular complexity index is 1400. The molecular weight excluding hydrogens is 465 g/mol. The number of rotatable bonds is 5. The second kappa shape index (κ2) is 8.90. The van der Waals surface area contributed by atoms with Crippen LogP contribution in [0, 0.1) is 12.7 Å². The van der Waals surface area contributed by atoms with Crippen LogP contribution >= 0.6 is 11.8 Å². The van der Waals surface area contributed by atoms with Crippen LogP contribution in [0.25, 0.3) is 16.6 Å². The molecule has 0 aliphatic carbocycles. The summed E-state index contributed by atoms with van der Waals surface area (Å²) in [7, 11) is -1.53. The third kappa shape index (κ3) is 4.67. The molecule has 0 saturated carbocycles. The molecule has 0 spiro atoms. The number of amides is 1. The fraction of sp³-hybridized carbons (Fsp3) is 0.348. The highest BCUT2D eigenvalue weighted by Gasteiger charge is 2.34. The fourth-order valence-corrected chi connectivity index (χ4v) is 6.70. The second-order valence-corrected chi connectivity index (χ2v) is 11.8. The Morgan fingerprint density at radius 3 is 2.67 bits per heavy atom. The van der Waals surface area contributed by atoms with Crippen molar-refractivity contribution in [1.29, 1.82) is 0 Å². The Hall–Kier alpha value is -2.72. The Morgan fingerprint density at radius 1 is 1.27 bits per heavy atom. The minimum atomic E-state index is -3.13. The quantitative estimate of drug-likeness (QED) is 0.404. The van der Waals surface area contributed by atoms with Gasteiger partial charge in [-0.1, -0.05) is 30.0 Å². The molecule has 2 heterocycles. The molecule has 1 fully saturated rings. The lowest BCUT2D eigenvalue weighted by atomic mass is 10.2. The molecule has 1 amide bonds. The molecule has 1 aliphatic heterocycles. The van der Waals surface area contributed by atoms with Crippen LogP contribution in [-0.2, 0) is 14.6 Å². The van der Waals surface area contributed by atoms with Crippen molar-refractivity contribution < 1.29 is 17.6 Å². The maximum atomic E-state index is 14.3. The van der Waals surface area contributed by atoms with Gasteiger partial charge in [-0.3, -0.25) is 14.2 Å². The zero-order valence-electron chi connectivity index (χ0n) is 18.5. The van der Waals surface area contributed by atoms with Crippen molar-refractivity contribution in [2.45, 2.75) is 36.7 Å². The van der Waals surface area contributed by atoms with Gasteiger partial charge >= 0.3 is 0 Å². The number of hydrogen-bond acceptors (Lipinski definition) is 6. The molecule has 7 nitrogen and oxygen atoms in total. The van der Waals surface area contributed by atoms with Crippen LogP contribution < -0.4 is 5.56 Å². The number of nitrogens with zero attached hydrogens (tertiary/aromatic N) is 3. The van der Waals surface area contributed by atoms with Crippen LogP contribution in [-0.4, -0.2) is 58.6 Å². The first-order valence-electron chi connectivity index (χ1n) is 10.5. The molecule has 2 atom stereocenters. The van der Waals surface area contributed by atoms with E-state index in [0.717, 1.165) is 11.8 Å². The number of halogens is 1. The lowest BCUT2D eigenvalue weighted by molar-refractivity contribution is -0.130. The van der Waals surface area contributed by atoms with Crippen LogP contribution in [0.4, 0.5) is 4.39 Å². The third-order valence-electron chi connectivity index (χ3n) is 5.89. The van der Waals surface area contributed by atoms with E-state index in [0.29, 0.717) is 28.6 Å². The first kappa shape index (κ1) is 23.4. The number of aromatic nitrogens is 2. The minimum absolute atomic E-state index is 0.0474. The number of carbonyl (C=O) groups is 1. The summed E-state index contributed by atoms with van der Waals surface area (Å²) in [6.07, 6.45) is 0.406. The molecular formula is C23H24FN3O4S2. The van der Waals surface area contributed by atoms with Crippen molar-refractivity contribution in [1.82, 2.24) is 14.5 Å². The molecule has 0 N–H and O–H groups in total. The molecule has 33 heavy (non-hydrogen) atoms. The standard InChI is InChI=1S/C23H24FN3O4S2/c1-14-8-9-16(12-19(14)24)27-22(29)18-6-4-5-7-20(18)25-23(27)32-15(2)21(28)26(3)17-10-11-33(30,31)13-17/h4-9,12,15,17H,10-11,13H2,1-3H3/t15-,17-/m1/s1. The van der Waals surface area contributed by atoms with E-state index in [1.54, 1.807) is 57.3 Å². The van der Waals surface area contributed by atoms with Gasteiger partial charge in [0.15, 0.2) is 15.0 Å². The average Bonchev–Trinajstić information content (AvgIpc) is 3.14. The van der Waals surface area contributed by atoms with Crippen molar-refractivity contribution in [2.75, 3.05) is 18.6 Å². The van der Waals surface area contributed by atoms with Gasteiger partial charge in [0.2, 0.25) is 5.91 Å². The summed E-state index contributed by atoms with van der Waals surface area (Å²) in [5, 5.41) is -0.00162. The lowest BCUT2D eigenvalue weighted by Gasteiger charge is -2.26. The van der Waals surface area contributed by atoms with Crippen molar-refractivity contribution in [3.8, 4) is 5.69 Å². The monoisotopic (exact) mass is 489 g/mol. The molecule has 2 aromatic carbocycles. The molecule has 4 rings (SSSR count). The van der Waals surface area contributed by atoms with Crippen LogP contribution in [0.1, 0.15) is 18.9 Å². The summed E-state index contributed by atoms with van der Waals surface area (Å²) in [6, 6.07) is 11.0. The molecule has 174 valence electrons. The topological polar surface area (TPSA) is 89.3 Å². The van der Waals surface area contributed by atoms with Gasteiger partial charge in [0, 0.05) is 13.1 Å². The van der Waals surface area contributed by atoms with E-state index in [1.165, 1.54) is 15.5 Å². The van der Waals surface area contributed by atoms with Crippen LogP contribution in [0.15, 0.2) is 52.4 Å². The Labute approximate surface area is 195 Å². The molecule has 0 unspecified atom stereocenters. The molecule has 1 aromatic heterocycles. The Morgan fingerprint density at radius 2 is 2.00 bits per heavy atom. The summed E-state index contributed by atoms with van der Waals surface area (Å²) in [5.41, 5.74) is 0.884. The van der Waals surface area contributed by atoms with Gasteiger partial charge in [-0.25, -0.2) is 17.8 Å². The fourth-order valence-electron chi connectivity index (χ4n) is 3.90. The number of aryl methyl sites for hydroxylation is 1. The van der Waals surface area contributed by atoms with Crippen LogP contribution in [0.5, 0.6) is 0 Å². The maximum absolute atomic E-state index is 14.3. The number of carbonyl (C=O) groups excluding carboxylic acids is 1. The SMILES string of the molecule is Cc1ccc(-n2c(S[C@H](C)C(=O)N(C)[C@@H]3CCS(=O)(=O)C3)nc3ccccc3c2=O)cc1F. The number of fused-ring (bicyclic) bond motifs is 1. The number of sulfone groups is 1. The van der Waals surface area contributed by atoms with E-state index in [4.69, 9.17) is 0 Å². The highest BCUT2D eigenvalue weighted by Crippen LogP contribution is 2.28. The first-order chi connectivity index (χ1) is 15.6. The molecule has 1 aliphatic rings. The van der Waals surface area contributed by atoms with Gasteiger partial charge in [0.05, 0.1) is 33.3 Å². The summed E-state index contributed by atoms with van der Waals surface area (Å²) >= 11 is 1.09. The molecule has 0 radical (unpaired) electrons. The third-order valence-corrected chi connectivity index (χ3v) is 8.68. The number of hydrogen-bond donors (Lipinski definition) is 0. The summed E-state index contributed by atoms with van der Waals surface area (Å²) in [4.78, 5) is 32.5. The lowest BCUT2D eigenvalue weighted by Crippen LogP contribution is -2.42. The van der Waals surface area contributed by atoms with E-state index >= 15 is 0 Å². The Kier molecular flexibility index (Phi) is 6.32. The second-order valence-electron chi connectivity index (χ2n) is 8.25. The molecule has 3 aromatic rings. The predicted molar refractivity (Wildman–Crippen MR) is 127 cm³/mol. The van der Waals surface area contributed by atoms with Crippen LogP contribution in [0.2, 0.25) is 0 Å². The summed E-state index contributed by atoms with van der Waals surface area (Å²) < 4.78 is 39.3. The highest BCUT2D eigenvalue weighted by atomic mass is 32.2. The molecule has 0 bridgehead atoms. The van der Waals surface area contributed by atoms with Gasteiger partial charge in [-0.05, 0) is 50.1 Å². The van der Waals surface area contributed by atoms with E-state index in [9.17, 15) is 22.4 Å². The van der Waals surface area contributed by atoms with Crippen molar-refractivity contribution in [3.63, 3.8) is 0 Å². The number of benzene rings is 2. The van der Waals surface area contributed by atoms with Gasteiger partial charge < -0.3 is 4.90 Å². The minimum Gasteiger partial charge on any atom is -0.341 e. The maximum Gasteiger partial charge on any atom is 0.266 e. The van der Waals surface area contributed by atoms with E-state index in [1.807, 2.05) is 0 Å². The van der Waals surface area contributed by atoms with Crippen molar-refractivity contribution in [2.24, 2.45) is 0 Å². The normalized spacial score (nSPS) is 18.4.